The molecule has 0 radical (unpaired) electrons. The summed E-state index contributed by atoms with van der Waals surface area (Å²) < 4.78 is 29.3. The van der Waals surface area contributed by atoms with Gasteiger partial charge in [0.15, 0.2) is 0 Å². The number of nitrogens with zero attached hydrogens (tertiary/aromatic N) is 2. The molecule has 120 valence electrons. The van der Waals surface area contributed by atoms with E-state index < -0.39 is 22.0 Å². The molecule has 8 heteroatoms. The lowest BCUT2D eigenvalue weighted by Crippen LogP contribution is -2.59. The first-order valence-corrected chi connectivity index (χ1v) is 9.03. The topological polar surface area (TPSA) is 84.0 Å². The molecule has 7 nitrogen and oxygen atoms in total. The predicted molar refractivity (Wildman–Crippen MR) is 75.9 cm³/mol. The lowest BCUT2D eigenvalue weighted by molar-refractivity contribution is -0.149. The maximum atomic E-state index is 12.4. The maximum absolute atomic E-state index is 12.4. The summed E-state index contributed by atoms with van der Waals surface area (Å²) in [5, 5.41) is 0. The van der Waals surface area contributed by atoms with Crippen LogP contribution >= 0.6 is 0 Å². The molecule has 0 bridgehead atoms. The van der Waals surface area contributed by atoms with Gasteiger partial charge in [0.05, 0.1) is 13.4 Å². The van der Waals surface area contributed by atoms with Gasteiger partial charge in [0.2, 0.25) is 15.9 Å². The molecule has 1 heterocycles. The number of hydrogen-bond acceptors (Lipinski definition) is 5. The number of ether oxygens (including phenoxy) is 1. The van der Waals surface area contributed by atoms with Crippen molar-refractivity contribution in [2.24, 2.45) is 5.92 Å². The van der Waals surface area contributed by atoms with Crippen LogP contribution in [-0.4, -0.2) is 68.5 Å². The number of carbonyl (C=O) groups is 2. The molecule has 1 atom stereocenters. The van der Waals surface area contributed by atoms with E-state index >= 15 is 0 Å². The highest BCUT2D eigenvalue weighted by Crippen LogP contribution is 2.27. The summed E-state index contributed by atoms with van der Waals surface area (Å²) in [5.74, 6) is -0.563. The van der Waals surface area contributed by atoms with E-state index in [1.807, 2.05) is 0 Å². The number of sulfonamides is 1. The minimum absolute atomic E-state index is 0.0214. The Morgan fingerprint density at radius 3 is 2.29 bits per heavy atom. The second-order valence-electron chi connectivity index (χ2n) is 5.68. The van der Waals surface area contributed by atoms with Crippen molar-refractivity contribution in [1.82, 2.24) is 9.21 Å². The van der Waals surface area contributed by atoms with Crippen molar-refractivity contribution in [3.8, 4) is 0 Å². The molecule has 0 N–H and O–H groups in total. The third-order valence-electron chi connectivity index (χ3n) is 4.25. The van der Waals surface area contributed by atoms with Crippen LogP contribution in [0.25, 0.3) is 0 Å². The average molecular weight is 318 g/mol. The molecule has 0 aromatic rings. The van der Waals surface area contributed by atoms with E-state index in [4.69, 9.17) is 0 Å². The first-order chi connectivity index (χ1) is 9.84. The van der Waals surface area contributed by atoms with Gasteiger partial charge in [-0.3, -0.25) is 9.59 Å². The highest BCUT2D eigenvalue weighted by atomic mass is 32.2. The number of hydrogen-bond donors (Lipinski definition) is 0. The number of amides is 1. The number of carbonyl (C=O) groups excluding carboxylic acids is 2. The fourth-order valence-electron chi connectivity index (χ4n) is 3.12. The van der Waals surface area contributed by atoms with Crippen molar-refractivity contribution in [3.05, 3.63) is 0 Å². The Bertz CT molecular complexity index is 513. The standard InChI is InChI=1S/C13H22N2O5S/c1-20-13(17)11-9-14(7-8-15(11)21(2,18)19)12(16)10-5-3-4-6-10/h10-11H,3-9H2,1-2H3/t11-/m0/s1. The van der Waals surface area contributed by atoms with Crippen LogP contribution in [-0.2, 0) is 24.3 Å². The molecule has 1 aliphatic heterocycles. The molecule has 1 saturated carbocycles. The number of methoxy groups -OCH3 is 1. The summed E-state index contributed by atoms with van der Waals surface area (Å²) in [6.45, 7) is 0.544. The molecule has 21 heavy (non-hydrogen) atoms. The van der Waals surface area contributed by atoms with E-state index in [0.29, 0.717) is 6.54 Å². The quantitative estimate of drug-likeness (QED) is 0.674. The van der Waals surface area contributed by atoms with Crippen molar-refractivity contribution in [3.63, 3.8) is 0 Å². The van der Waals surface area contributed by atoms with Crippen LogP contribution in [0, 0.1) is 5.92 Å². The van der Waals surface area contributed by atoms with Gasteiger partial charge in [-0.15, -0.1) is 0 Å². The van der Waals surface area contributed by atoms with E-state index in [0.717, 1.165) is 36.2 Å². The van der Waals surface area contributed by atoms with Gasteiger partial charge in [-0.1, -0.05) is 12.8 Å². The normalized spacial score (nSPS) is 25.0. The maximum Gasteiger partial charge on any atom is 0.326 e. The van der Waals surface area contributed by atoms with Gasteiger partial charge in [0, 0.05) is 25.6 Å². The Hall–Kier alpha value is -1.15. The lowest BCUT2D eigenvalue weighted by Gasteiger charge is -2.39. The molecule has 0 spiro atoms. The summed E-state index contributed by atoms with van der Waals surface area (Å²) in [7, 11) is -2.28. The Labute approximate surface area is 125 Å². The summed E-state index contributed by atoms with van der Waals surface area (Å²) in [6, 6.07) is -0.941. The zero-order valence-electron chi connectivity index (χ0n) is 12.4. The van der Waals surface area contributed by atoms with Crippen LogP contribution in [0.15, 0.2) is 0 Å². The van der Waals surface area contributed by atoms with E-state index in [2.05, 4.69) is 4.74 Å². The first-order valence-electron chi connectivity index (χ1n) is 7.18. The molecule has 2 aliphatic rings. The summed E-state index contributed by atoms with van der Waals surface area (Å²) >= 11 is 0. The largest absolute Gasteiger partial charge is 0.468 e. The number of rotatable bonds is 3. The van der Waals surface area contributed by atoms with Crippen molar-refractivity contribution < 1.29 is 22.7 Å². The monoisotopic (exact) mass is 318 g/mol. The third-order valence-corrected chi connectivity index (χ3v) is 5.54. The smallest absolute Gasteiger partial charge is 0.326 e. The van der Waals surface area contributed by atoms with Crippen molar-refractivity contribution >= 4 is 21.9 Å². The summed E-state index contributed by atoms with van der Waals surface area (Å²) in [5.41, 5.74) is 0. The molecule has 1 aliphatic carbocycles. The van der Waals surface area contributed by atoms with Crippen molar-refractivity contribution in [2.75, 3.05) is 33.0 Å². The van der Waals surface area contributed by atoms with Gasteiger partial charge < -0.3 is 9.64 Å². The predicted octanol–water partition coefficient (Wildman–Crippen LogP) is -0.178. The van der Waals surface area contributed by atoms with Gasteiger partial charge in [-0.2, -0.15) is 4.31 Å². The molecule has 2 fully saturated rings. The fraction of sp³-hybridized carbons (Fsp3) is 0.846. The zero-order chi connectivity index (χ0) is 15.6. The Morgan fingerprint density at radius 1 is 1.14 bits per heavy atom. The van der Waals surface area contributed by atoms with Gasteiger partial charge in [0.1, 0.15) is 6.04 Å². The fourth-order valence-corrected chi connectivity index (χ4v) is 4.15. The summed E-state index contributed by atoms with van der Waals surface area (Å²) in [6.07, 6.45) is 4.94. The SMILES string of the molecule is COC(=O)[C@@H]1CN(C(=O)C2CCCC2)CCN1S(C)(=O)=O. The number of esters is 1. The zero-order valence-corrected chi connectivity index (χ0v) is 13.3. The lowest BCUT2D eigenvalue weighted by atomic mass is 10.1. The molecule has 2 rings (SSSR count). The van der Waals surface area contributed by atoms with E-state index in [-0.39, 0.29) is 24.9 Å². The minimum Gasteiger partial charge on any atom is -0.468 e. The van der Waals surface area contributed by atoms with E-state index in [1.54, 1.807) is 4.90 Å². The van der Waals surface area contributed by atoms with Gasteiger partial charge >= 0.3 is 5.97 Å². The molecule has 1 saturated heterocycles. The van der Waals surface area contributed by atoms with Gasteiger partial charge in [0.25, 0.3) is 0 Å². The van der Waals surface area contributed by atoms with Crippen LogP contribution in [0.3, 0.4) is 0 Å². The molecule has 1 amide bonds. The van der Waals surface area contributed by atoms with Crippen molar-refractivity contribution in [2.45, 2.75) is 31.7 Å². The highest BCUT2D eigenvalue weighted by Gasteiger charge is 2.41. The first kappa shape index (κ1) is 16.2. The highest BCUT2D eigenvalue weighted by molar-refractivity contribution is 7.88. The molecule has 0 unspecified atom stereocenters. The Kier molecular flexibility index (Phi) is 4.88. The summed E-state index contributed by atoms with van der Waals surface area (Å²) in [4.78, 5) is 25.9. The molecular formula is C13H22N2O5S. The molecular weight excluding hydrogens is 296 g/mol. The van der Waals surface area contributed by atoms with Crippen LogP contribution in [0.1, 0.15) is 25.7 Å². The average Bonchev–Trinajstić information content (AvgIpc) is 2.98. The van der Waals surface area contributed by atoms with Gasteiger partial charge in [-0.25, -0.2) is 8.42 Å². The second-order valence-corrected chi connectivity index (χ2v) is 7.61. The van der Waals surface area contributed by atoms with Gasteiger partial charge in [-0.05, 0) is 12.8 Å². The van der Waals surface area contributed by atoms with Crippen LogP contribution in [0.4, 0.5) is 0 Å². The molecule has 0 aromatic heterocycles. The van der Waals surface area contributed by atoms with E-state index in [1.165, 1.54) is 7.11 Å². The van der Waals surface area contributed by atoms with Crippen LogP contribution < -0.4 is 0 Å². The van der Waals surface area contributed by atoms with Crippen LogP contribution in [0.2, 0.25) is 0 Å². The third kappa shape index (κ3) is 3.55. The van der Waals surface area contributed by atoms with Crippen molar-refractivity contribution in [1.29, 1.82) is 0 Å². The molecule has 0 aromatic carbocycles. The second kappa shape index (κ2) is 6.31. The Balaban J connectivity index is 2.12. The van der Waals surface area contributed by atoms with Crippen LogP contribution in [0.5, 0.6) is 0 Å². The number of piperazine rings is 1. The minimum atomic E-state index is -3.50. The Morgan fingerprint density at radius 2 is 1.76 bits per heavy atom. The van der Waals surface area contributed by atoms with E-state index in [9.17, 15) is 18.0 Å².